The van der Waals surface area contributed by atoms with E-state index in [0.717, 1.165) is 5.56 Å². The quantitative estimate of drug-likeness (QED) is 0.594. The molecule has 1 amide bonds. The van der Waals surface area contributed by atoms with Crippen LogP contribution < -0.4 is 15.8 Å². The molecule has 128 valence electrons. The number of rotatable bonds is 7. The first kappa shape index (κ1) is 16.6. The second kappa shape index (κ2) is 8.02. The van der Waals surface area contributed by atoms with E-state index < -0.39 is 0 Å². The van der Waals surface area contributed by atoms with Gasteiger partial charge >= 0.3 is 0 Å². The predicted octanol–water partition coefficient (Wildman–Crippen LogP) is 1.13. The molecule has 0 atom stereocenters. The first-order valence-corrected chi connectivity index (χ1v) is 7.79. The van der Waals surface area contributed by atoms with Crippen LogP contribution in [0, 0.1) is 0 Å². The highest BCUT2D eigenvalue weighted by Gasteiger charge is 2.09. The van der Waals surface area contributed by atoms with E-state index in [0.29, 0.717) is 36.1 Å². The number of hydrogen-bond donors (Lipinski definition) is 3. The smallest absolute Gasteiger partial charge is 0.251 e. The Morgan fingerprint density at radius 2 is 2.08 bits per heavy atom. The lowest BCUT2D eigenvalue weighted by Crippen LogP contribution is -2.23. The fourth-order valence-electron chi connectivity index (χ4n) is 2.17. The Bertz CT molecular complexity index is 834. The number of aromatic amines is 1. The van der Waals surface area contributed by atoms with Gasteiger partial charge in [0.05, 0.1) is 6.54 Å². The number of H-pyrrole nitrogens is 1. The maximum Gasteiger partial charge on any atom is 0.251 e. The number of nitrogens with one attached hydrogen (secondary N) is 2. The molecule has 0 unspecified atom stereocenters. The van der Waals surface area contributed by atoms with E-state index in [2.05, 4.69) is 25.5 Å². The first-order valence-electron chi connectivity index (χ1n) is 7.79. The van der Waals surface area contributed by atoms with Crippen molar-refractivity contribution in [3.63, 3.8) is 0 Å². The molecule has 2 aromatic heterocycles. The Morgan fingerprint density at radius 3 is 2.88 bits per heavy atom. The minimum Gasteiger partial charge on any atom is -0.492 e. The molecule has 0 aliphatic rings. The lowest BCUT2D eigenvalue weighted by atomic mass is 10.2. The first-order chi connectivity index (χ1) is 12.3. The molecule has 3 aromatic rings. The lowest BCUT2D eigenvalue weighted by molar-refractivity contribution is 0.0949. The summed E-state index contributed by atoms with van der Waals surface area (Å²) in [6, 6.07) is 10.6. The molecule has 2 heterocycles. The summed E-state index contributed by atoms with van der Waals surface area (Å²) in [4.78, 5) is 20.6. The van der Waals surface area contributed by atoms with E-state index >= 15 is 0 Å². The van der Waals surface area contributed by atoms with Gasteiger partial charge in [0, 0.05) is 30.1 Å². The van der Waals surface area contributed by atoms with E-state index in [9.17, 15) is 4.79 Å². The zero-order valence-electron chi connectivity index (χ0n) is 13.5. The predicted molar refractivity (Wildman–Crippen MR) is 91.8 cm³/mol. The summed E-state index contributed by atoms with van der Waals surface area (Å²) in [7, 11) is 0. The SMILES string of the molecule is NCCOc1cccc(C(=O)NCc2nc(-c3ccncc3)n[nH]2)c1. The molecule has 4 N–H and O–H groups in total. The molecule has 3 rings (SSSR count). The van der Waals surface area contributed by atoms with Gasteiger partial charge in [0.25, 0.3) is 5.91 Å². The van der Waals surface area contributed by atoms with Crippen molar-refractivity contribution in [2.75, 3.05) is 13.2 Å². The van der Waals surface area contributed by atoms with E-state index in [1.54, 1.807) is 36.7 Å². The van der Waals surface area contributed by atoms with Crippen molar-refractivity contribution in [2.24, 2.45) is 5.73 Å². The third kappa shape index (κ3) is 4.39. The van der Waals surface area contributed by atoms with Crippen molar-refractivity contribution < 1.29 is 9.53 Å². The zero-order chi connectivity index (χ0) is 17.5. The van der Waals surface area contributed by atoms with Crippen molar-refractivity contribution in [2.45, 2.75) is 6.54 Å². The molecule has 0 saturated heterocycles. The fraction of sp³-hybridized carbons (Fsp3) is 0.176. The fourth-order valence-corrected chi connectivity index (χ4v) is 2.17. The summed E-state index contributed by atoms with van der Waals surface area (Å²) >= 11 is 0. The maximum absolute atomic E-state index is 12.3. The average Bonchev–Trinajstić information content (AvgIpc) is 3.14. The van der Waals surface area contributed by atoms with Gasteiger partial charge in [-0.15, -0.1) is 0 Å². The third-order valence-corrected chi connectivity index (χ3v) is 3.37. The van der Waals surface area contributed by atoms with Crippen molar-refractivity contribution in [3.05, 3.63) is 60.2 Å². The van der Waals surface area contributed by atoms with Gasteiger partial charge in [-0.3, -0.25) is 14.9 Å². The Morgan fingerprint density at radius 1 is 1.24 bits per heavy atom. The van der Waals surface area contributed by atoms with Crippen LogP contribution in [0.1, 0.15) is 16.2 Å². The van der Waals surface area contributed by atoms with Crippen LogP contribution in [-0.4, -0.2) is 39.2 Å². The summed E-state index contributed by atoms with van der Waals surface area (Å²) in [5.41, 5.74) is 6.76. The van der Waals surface area contributed by atoms with Crippen LogP contribution in [0.3, 0.4) is 0 Å². The van der Waals surface area contributed by atoms with Gasteiger partial charge in [0.2, 0.25) is 0 Å². The molecule has 0 fully saturated rings. The second-order valence-corrected chi connectivity index (χ2v) is 5.19. The maximum atomic E-state index is 12.3. The number of benzene rings is 1. The van der Waals surface area contributed by atoms with Gasteiger partial charge < -0.3 is 15.8 Å². The highest BCUT2D eigenvalue weighted by Crippen LogP contribution is 2.14. The average molecular weight is 338 g/mol. The molecule has 0 bridgehead atoms. The van der Waals surface area contributed by atoms with Gasteiger partial charge in [0.15, 0.2) is 5.82 Å². The molecule has 0 aliphatic heterocycles. The number of aromatic nitrogens is 4. The number of pyridine rings is 1. The molecule has 0 aliphatic carbocycles. The molecule has 0 radical (unpaired) electrons. The zero-order valence-corrected chi connectivity index (χ0v) is 13.5. The van der Waals surface area contributed by atoms with Crippen LogP contribution in [0.5, 0.6) is 5.75 Å². The highest BCUT2D eigenvalue weighted by atomic mass is 16.5. The van der Waals surface area contributed by atoms with E-state index in [1.165, 1.54) is 0 Å². The number of hydrogen-bond acceptors (Lipinski definition) is 6. The van der Waals surface area contributed by atoms with E-state index in [4.69, 9.17) is 10.5 Å². The topological polar surface area (TPSA) is 119 Å². The molecule has 1 aromatic carbocycles. The number of nitrogens with zero attached hydrogens (tertiary/aromatic N) is 3. The number of amides is 1. The van der Waals surface area contributed by atoms with Crippen LogP contribution >= 0.6 is 0 Å². The second-order valence-electron chi connectivity index (χ2n) is 5.19. The third-order valence-electron chi connectivity index (χ3n) is 3.37. The standard InChI is InChI=1S/C17H18N6O2/c18-6-9-25-14-3-1-2-13(10-14)17(24)20-11-15-21-16(23-22-15)12-4-7-19-8-5-12/h1-5,7-8,10H,6,9,11,18H2,(H,20,24)(H,21,22,23). The van der Waals surface area contributed by atoms with Gasteiger partial charge in [-0.2, -0.15) is 5.10 Å². The lowest BCUT2D eigenvalue weighted by Gasteiger charge is -2.07. The highest BCUT2D eigenvalue weighted by molar-refractivity contribution is 5.94. The van der Waals surface area contributed by atoms with Crippen molar-refractivity contribution in [1.29, 1.82) is 0 Å². The summed E-state index contributed by atoms with van der Waals surface area (Å²) in [6.45, 7) is 1.06. The molecule has 8 heteroatoms. The molecule has 0 saturated carbocycles. The Kier molecular flexibility index (Phi) is 5.32. The summed E-state index contributed by atoms with van der Waals surface area (Å²) < 4.78 is 5.42. The normalized spacial score (nSPS) is 10.4. The molecule has 25 heavy (non-hydrogen) atoms. The Hall–Kier alpha value is -3.26. The minimum absolute atomic E-state index is 0.222. The molecule has 0 spiro atoms. The van der Waals surface area contributed by atoms with Crippen LogP contribution in [0.4, 0.5) is 0 Å². The summed E-state index contributed by atoms with van der Waals surface area (Å²) in [6.07, 6.45) is 3.35. The van der Waals surface area contributed by atoms with Gasteiger partial charge in [-0.25, -0.2) is 4.98 Å². The summed E-state index contributed by atoms with van der Waals surface area (Å²) in [5, 5.41) is 9.75. The van der Waals surface area contributed by atoms with E-state index in [-0.39, 0.29) is 12.5 Å². The van der Waals surface area contributed by atoms with Crippen LogP contribution in [0.15, 0.2) is 48.8 Å². The summed E-state index contributed by atoms with van der Waals surface area (Å²) in [5.74, 6) is 1.51. The largest absolute Gasteiger partial charge is 0.492 e. The number of carbonyl (C=O) groups is 1. The molecular formula is C17H18N6O2. The van der Waals surface area contributed by atoms with Crippen LogP contribution in [0.2, 0.25) is 0 Å². The molecule has 8 nitrogen and oxygen atoms in total. The minimum atomic E-state index is -0.222. The monoisotopic (exact) mass is 338 g/mol. The van der Waals surface area contributed by atoms with Gasteiger partial charge in [-0.05, 0) is 30.3 Å². The number of ether oxygens (including phenoxy) is 1. The van der Waals surface area contributed by atoms with Gasteiger partial charge in [0.1, 0.15) is 18.2 Å². The Labute approximate surface area is 144 Å². The van der Waals surface area contributed by atoms with Crippen molar-refractivity contribution >= 4 is 5.91 Å². The Balaban J connectivity index is 1.60. The number of carbonyl (C=O) groups excluding carboxylic acids is 1. The van der Waals surface area contributed by atoms with Crippen molar-refractivity contribution in [3.8, 4) is 17.1 Å². The number of nitrogens with two attached hydrogens (primary N) is 1. The van der Waals surface area contributed by atoms with Crippen LogP contribution in [-0.2, 0) is 6.54 Å². The van der Waals surface area contributed by atoms with Crippen LogP contribution in [0.25, 0.3) is 11.4 Å². The van der Waals surface area contributed by atoms with Crippen molar-refractivity contribution in [1.82, 2.24) is 25.5 Å². The molecular weight excluding hydrogens is 320 g/mol. The van der Waals surface area contributed by atoms with E-state index in [1.807, 2.05) is 12.1 Å². The van der Waals surface area contributed by atoms with Gasteiger partial charge in [-0.1, -0.05) is 6.07 Å².